The van der Waals surface area contributed by atoms with Gasteiger partial charge in [0.15, 0.2) is 5.96 Å². The third-order valence-corrected chi connectivity index (χ3v) is 4.53. The van der Waals surface area contributed by atoms with Gasteiger partial charge in [-0.05, 0) is 37.5 Å². The van der Waals surface area contributed by atoms with Crippen LogP contribution in [0.4, 0.5) is 5.69 Å². The number of β-amino-alcohol motifs (C(OH)–C–C–N with tert-alkyl or cyclic N) is 1. The van der Waals surface area contributed by atoms with Crippen molar-refractivity contribution in [2.24, 2.45) is 4.99 Å². The predicted octanol–water partition coefficient (Wildman–Crippen LogP) is 1.35. The molecule has 6 heteroatoms. The Morgan fingerprint density at radius 2 is 2.12 bits per heavy atom. The minimum atomic E-state index is -0.258. The van der Waals surface area contributed by atoms with Gasteiger partial charge in [0.1, 0.15) is 0 Å². The van der Waals surface area contributed by atoms with Crippen LogP contribution in [-0.2, 0) is 11.3 Å². The number of anilines is 1. The Labute approximate surface area is 143 Å². The number of likely N-dealkylation sites (tertiary alicyclic amines) is 1. The van der Waals surface area contributed by atoms with E-state index in [0.717, 1.165) is 49.7 Å². The number of guanidine groups is 1. The van der Waals surface area contributed by atoms with Crippen LogP contribution in [0.3, 0.4) is 0 Å². The summed E-state index contributed by atoms with van der Waals surface area (Å²) in [6.07, 6.45) is 2.13. The first-order valence-corrected chi connectivity index (χ1v) is 8.78. The van der Waals surface area contributed by atoms with Gasteiger partial charge in [0.05, 0.1) is 12.6 Å². The molecule has 2 aliphatic rings. The van der Waals surface area contributed by atoms with E-state index in [0.29, 0.717) is 19.5 Å². The molecule has 0 aliphatic carbocycles. The maximum absolute atomic E-state index is 11.8. The van der Waals surface area contributed by atoms with Crippen molar-refractivity contribution in [3.05, 3.63) is 29.8 Å². The molecule has 24 heavy (non-hydrogen) atoms. The highest BCUT2D eigenvalue weighted by molar-refractivity contribution is 5.95. The molecule has 2 fully saturated rings. The summed E-state index contributed by atoms with van der Waals surface area (Å²) in [5.74, 6) is 1.07. The molecule has 1 aromatic rings. The van der Waals surface area contributed by atoms with Gasteiger partial charge in [0, 0.05) is 38.3 Å². The van der Waals surface area contributed by atoms with Crippen molar-refractivity contribution in [1.29, 1.82) is 0 Å². The Morgan fingerprint density at radius 3 is 2.71 bits per heavy atom. The molecule has 2 N–H and O–H groups in total. The molecule has 0 spiro atoms. The van der Waals surface area contributed by atoms with Gasteiger partial charge in [-0.25, -0.2) is 4.99 Å². The summed E-state index contributed by atoms with van der Waals surface area (Å²) in [5, 5.41) is 13.0. The second kappa shape index (κ2) is 7.66. The Balaban J connectivity index is 1.64. The molecule has 1 aromatic carbocycles. The first kappa shape index (κ1) is 16.8. The van der Waals surface area contributed by atoms with E-state index in [4.69, 9.17) is 0 Å². The van der Waals surface area contributed by atoms with E-state index in [1.54, 1.807) is 0 Å². The summed E-state index contributed by atoms with van der Waals surface area (Å²) in [5.41, 5.74) is 2.08. The molecule has 0 radical (unpaired) electrons. The van der Waals surface area contributed by atoms with E-state index >= 15 is 0 Å². The average Bonchev–Trinajstić information content (AvgIpc) is 3.20. The van der Waals surface area contributed by atoms with E-state index in [1.165, 1.54) is 0 Å². The standard InChI is InChI=1S/C18H26N4O2/c1-2-19-18(21-11-9-16(23)13-21)20-12-14-5-7-15(8-6-14)22-10-3-4-17(22)24/h5-8,16,23H,2-4,9-13H2,1H3,(H,19,20)/t16-/m1/s1. The summed E-state index contributed by atoms with van der Waals surface area (Å²) < 4.78 is 0. The Kier molecular flexibility index (Phi) is 5.35. The van der Waals surface area contributed by atoms with E-state index in [1.807, 2.05) is 36.1 Å². The number of rotatable bonds is 4. The van der Waals surface area contributed by atoms with Crippen LogP contribution in [0.25, 0.3) is 0 Å². The number of nitrogens with one attached hydrogen (secondary N) is 1. The number of amides is 1. The molecule has 2 heterocycles. The van der Waals surface area contributed by atoms with Crippen LogP contribution in [0.15, 0.2) is 29.3 Å². The quantitative estimate of drug-likeness (QED) is 0.646. The van der Waals surface area contributed by atoms with Gasteiger partial charge in [-0.2, -0.15) is 0 Å². The van der Waals surface area contributed by atoms with Gasteiger partial charge in [0.2, 0.25) is 5.91 Å². The summed E-state index contributed by atoms with van der Waals surface area (Å²) >= 11 is 0. The lowest BCUT2D eigenvalue weighted by atomic mass is 10.2. The molecule has 3 rings (SSSR count). The molecule has 1 amide bonds. The minimum absolute atomic E-state index is 0.211. The van der Waals surface area contributed by atoms with Crippen LogP contribution in [0, 0.1) is 0 Å². The van der Waals surface area contributed by atoms with Crippen LogP contribution < -0.4 is 10.2 Å². The van der Waals surface area contributed by atoms with Crippen molar-refractivity contribution < 1.29 is 9.90 Å². The summed E-state index contributed by atoms with van der Waals surface area (Å²) in [6.45, 7) is 5.73. The molecule has 0 unspecified atom stereocenters. The number of aliphatic imine (C=N–C) groups is 1. The van der Waals surface area contributed by atoms with Crippen molar-refractivity contribution in [3.63, 3.8) is 0 Å². The number of nitrogens with zero attached hydrogens (tertiary/aromatic N) is 3. The van der Waals surface area contributed by atoms with Gasteiger partial charge in [0.25, 0.3) is 0 Å². The first-order valence-electron chi connectivity index (χ1n) is 8.78. The van der Waals surface area contributed by atoms with Crippen LogP contribution >= 0.6 is 0 Å². The monoisotopic (exact) mass is 330 g/mol. The first-order chi connectivity index (χ1) is 11.7. The Bertz CT molecular complexity index is 600. The second-order valence-corrected chi connectivity index (χ2v) is 6.37. The van der Waals surface area contributed by atoms with Crippen molar-refractivity contribution in [1.82, 2.24) is 10.2 Å². The number of benzene rings is 1. The van der Waals surface area contributed by atoms with Crippen molar-refractivity contribution >= 4 is 17.6 Å². The predicted molar refractivity (Wildman–Crippen MR) is 95.0 cm³/mol. The molecule has 1 atom stereocenters. The highest BCUT2D eigenvalue weighted by atomic mass is 16.3. The molecular formula is C18H26N4O2. The third-order valence-electron chi connectivity index (χ3n) is 4.53. The Hall–Kier alpha value is -2.08. The largest absolute Gasteiger partial charge is 0.391 e. The summed E-state index contributed by atoms with van der Waals surface area (Å²) in [7, 11) is 0. The van der Waals surface area contributed by atoms with Gasteiger partial charge in [-0.3, -0.25) is 4.79 Å². The fraction of sp³-hybridized carbons (Fsp3) is 0.556. The minimum Gasteiger partial charge on any atom is -0.391 e. The zero-order valence-electron chi connectivity index (χ0n) is 14.2. The lowest BCUT2D eigenvalue weighted by molar-refractivity contribution is -0.117. The molecule has 2 aliphatic heterocycles. The molecule has 0 saturated carbocycles. The highest BCUT2D eigenvalue weighted by Gasteiger charge is 2.23. The lowest BCUT2D eigenvalue weighted by Crippen LogP contribution is -2.40. The molecule has 0 bridgehead atoms. The fourth-order valence-electron chi connectivity index (χ4n) is 3.23. The molecule has 130 valence electrons. The number of carbonyl (C=O) groups excluding carboxylic acids is 1. The van der Waals surface area contributed by atoms with E-state index < -0.39 is 0 Å². The van der Waals surface area contributed by atoms with Gasteiger partial charge in [-0.1, -0.05) is 12.1 Å². The van der Waals surface area contributed by atoms with Crippen molar-refractivity contribution in [2.45, 2.75) is 38.8 Å². The zero-order valence-corrected chi connectivity index (χ0v) is 14.2. The maximum Gasteiger partial charge on any atom is 0.227 e. The maximum atomic E-state index is 11.8. The normalized spacial score (nSPS) is 21.7. The number of aliphatic hydroxyl groups is 1. The van der Waals surface area contributed by atoms with Gasteiger partial charge < -0.3 is 20.2 Å². The van der Waals surface area contributed by atoms with Crippen LogP contribution in [0.1, 0.15) is 31.7 Å². The number of hydrogen-bond donors (Lipinski definition) is 2. The zero-order chi connectivity index (χ0) is 16.9. The van der Waals surface area contributed by atoms with Gasteiger partial charge >= 0.3 is 0 Å². The molecular weight excluding hydrogens is 304 g/mol. The smallest absolute Gasteiger partial charge is 0.227 e. The number of aliphatic hydroxyl groups excluding tert-OH is 1. The van der Waals surface area contributed by atoms with E-state index in [-0.39, 0.29) is 12.0 Å². The number of hydrogen-bond acceptors (Lipinski definition) is 3. The van der Waals surface area contributed by atoms with E-state index in [2.05, 4.69) is 15.2 Å². The average molecular weight is 330 g/mol. The lowest BCUT2D eigenvalue weighted by Gasteiger charge is -2.21. The molecule has 6 nitrogen and oxygen atoms in total. The highest BCUT2D eigenvalue weighted by Crippen LogP contribution is 2.21. The Morgan fingerprint density at radius 1 is 1.33 bits per heavy atom. The van der Waals surface area contributed by atoms with Crippen LogP contribution in [0.2, 0.25) is 0 Å². The van der Waals surface area contributed by atoms with Gasteiger partial charge in [-0.15, -0.1) is 0 Å². The third kappa shape index (κ3) is 3.87. The molecule has 0 aromatic heterocycles. The SMILES string of the molecule is CCNC(=NCc1ccc(N2CCCC2=O)cc1)N1CC[C@@H](O)C1. The topological polar surface area (TPSA) is 68.2 Å². The van der Waals surface area contributed by atoms with E-state index in [9.17, 15) is 9.90 Å². The second-order valence-electron chi connectivity index (χ2n) is 6.37. The fourth-order valence-corrected chi connectivity index (χ4v) is 3.23. The summed E-state index contributed by atoms with van der Waals surface area (Å²) in [4.78, 5) is 20.4. The van der Waals surface area contributed by atoms with Crippen LogP contribution in [-0.4, -0.2) is 54.2 Å². The van der Waals surface area contributed by atoms with Crippen molar-refractivity contribution in [3.8, 4) is 0 Å². The van der Waals surface area contributed by atoms with Crippen LogP contribution in [0.5, 0.6) is 0 Å². The molecule has 2 saturated heterocycles. The summed E-state index contributed by atoms with van der Waals surface area (Å²) in [6, 6.07) is 8.07. The number of carbonyl (C=O) groups is 1. The van der Waals surface area contributed by atoms with Crippen molar-refractivity contribution in [2.75, 3.05) is 31.1 Å².